The number of hydrogen-bond donors (Lipinski definition) is 2. The maximum absolute atomic E-state index is 13.1. The zero-order valence-corrected chi connectivity index (χ0v) is 24.1. The van der Waals surface area contributed by atoms with Crippen LogP contribution < -0.4 is 10.6 Å². The molecule has 2 aliphatic heterocycles. The van der Waals surface area contributed by atoms with Gasteiger partial charge in [0.25, 0.3) is 23.6 Å². The Labute approximate surface area is 244 Å². The number of nitrogens with zero attached hydrogens (tertiary/aromatic N) is 2. The van der Waals surface area contributed by atoms with Crippen molar-refractivity contribution in [2.24, 2.45) is 11.8 Å². The molecule has 0 aliphatic carbocycles. The summed E-state index contributed by atoms with van der Waals surface area (Å²) in [4.78, 5) is 88.5. The molecule has 6 amide bonds. The second-order valence-corrected chi connectivity index (χ2v) is 10.6. The van der Waals surface area contributed by atoms with Crippen LogP contribution in [0.4, 0.5) is 5.69 Å². The molecular weight excluding hydrogens is 544 g/mol. The van der Waals surface area contributed by atoms with E-state index >= 15 is 0 Å². The van der Waals surface area contributed by atoms with Gasteiger partial charge in [-0.05, 0) is 30.0 Å². The summed E-state index contributed by atoms with van der Waals surface area (Å²) in [7, 11) is 0. The van der Waals surface area contributed by atoms with Crippen molar-refractivity contribution in [1.29, 1.82) is 0 Å². The topological polar surface area (TPSA) is 159 Å². The van der Waals surface area contributed by atoms with Gasteiger partial charge in [-0.1, -0.05) is 39.8 Å². The number of ether oxygens (including phenoxy) is 1. The van der Waals surface area contributed by atoms with Crippen LogP contribution in [0.15, 0.2) is 48.6 Å². The molecule has 0 unspecified atom stereocenters. The molecule has 1 aromatic rings. The van der Waals surface area contributed by atoms with E-state index in [9.17, 15) is 33.6 Å². The van der Waals surface area contributed by atoms with Crippen LogP contribution in [0.1, 0.15) is 39.7 Å². The van der Waals surface area contributed by atoms with E-state index in [2.05, 4.69) is 10.6 Å². The normalized spacial score (nSPS) is 16.1. The maximum Gasteiger partial charge on any atom is 0.253 e. The largest absolute Gasteiger partial charge is 0.365 e. The number of anilines is 1. The second-order valence-electron chi connectivity index (χ2n) is 10.6. The molecule has 12 heteroatoms. The summed E-state index contributed by atoms with van der Waals surface area (Å²) in [6, 6.07) is 6.52. The van der Waals surface area contributed by atoms with Crippen molar-refractivity contribution in [3.63, 3.8) is 0 Å². The van der Waals surface area contributed by atoms with Gasteiger partial charge in [-0.2, -0.15) is 0 Å². The van der Waals surface area contributed by atoms with E-state index in [0.29, 0.717) is 5.69 Å². The molecule has 1 aromatic carbocycles. The van der Waals surface area contributed by atoms with Gasteiger partial charge in [0.2, 0.25) is 11.8 Å². The lowest BCUT2D eigenvalue weighted by molar-refractivity contribution is -0.143. The van der Waals surface area contributed by atoms with Gasteiger partial charge in [0.05, 0.1) is 25.2 Å². The van der Waals surface area contributed by atoms with Crippen LogP contribution in [0.3, 0.4) is 0 Å². The first-order chi connectivity index (χ1) is 19.9. The molecule has 2 aliphatic rings. The van der Waals surface area contributed by atoms with Gasteiger partial charge in [-0.15, -0.1) is 0 Å². The molecular formula is C30H36N4O8. The van der Waals surface area contributed by atoms with Crippen LogP contribution in [0.2, 0.25) is 0 Å². The summed E-state index contributed by atoms with van der Waals surface area (Å²) in [5.41, 5.74) is 1.75. The molecule has 0 spiro atoms. The quantitative estimate of drug-likeness (QED) is 0.293. The maximum atomic E-state index is 13.1. The highest BCUT2D eigenvalue weighted by atomic mass is 16.5. The van der Waals surface area contributed by atoms with Crippen LogP contribution in [0.5, 0.6) is 0 Å². The molecule has 0 saturated carbocycles. The molecule has 0 saturated heterocycles. The Morgan fingerprint density at radius 2 is 1.31 bits per heavy atom. The summed E-state index contributed by atoms with van der Waals surface area (Å²) < 4.78 is 5.65. The minimum Gasteiger partial charge on any atom is -0.365 e. The third-order valence-corrected chi connectivity index (χ3v) is 6.94. The number of benzene rings is 1. The Balaban J connectivity index is 1.57. The number of aryl methyl sites for hydroxylation is 1. The highest BCUT2D eigenvalue weighted by molar-refractivity contribution is 6.13. The van der Waals surface area contributed by atoms with Crippen LogP contribution in [-0.2, 0) is 44.7 Å². The number of ketones is 1. The third-order valence-electron chi connectivity index (χ3n) is 6.94. The van der Waals surface area contributed by atoms with Gasteiger partial charge in [0.15, 0.2) is 5.78 Å². The first-order valence-corrected chi connectivity index (χ1v) is 13.8. The van der Waals surface area contributed by atoms with E-state index in [-0.39, 0.29) is 37.1 Å². The van der Waals surface area contributed by atoms with Crippen LogP contribution in [-0.4, -0.2) is 82.9 Å². The monoisotopic (exact) mass is 580 g/mol. The van der Waals surface area contributed by atoms with Crippen molar-refractivity contribution < 1.29 is 38.3 Å². The minimum absolute atomic E-state index is 0.107. The predicted octanol–water partition coefficient (Wildman–Crippen LogP) is 1.16. The lowest BCUT2D eigenvalue weighted by Gasteiger charge is -2.27. The molecule has 0 bridgehead atoms. The molecule has 0 fully saturated rings. The Morgan fingerprint density at radius 3 is 1.76 bits per heavy atom. The molecule has 0 radical (unpaired) electrons. The van der Waals surface area contributed by atoms with Gasteiger partial charge in [-0.3, -0.25) is 43.4 Å². The SMILES string of the molecule is CCc1ccc(NC(=O)[C@H](C)CC(=O)[C@@H](NC(=O)COC(CN2C(=O)C=CC2=O)CN2C(=O)C=CC2=O)C(C)C)cc1. The summed E-state index contributed by atoms with van der Waals surface area (Å²) in [5, 5.41) is 5.44. The zero-order valence-electron chi connectivity index (χ0n) is 24.1. The number of carbonyl (C=O) groups is 7. The Kier molecular flexibility index (Phi) is 11.0. The highest BCUT2D eigenvalue weighted by Crippen LogP contribution is 2.16. The van der Waals surface area contributed by atoms with Crippen molar-refractivity contribution in [3.8, 4) is 0 Å². The van der Waals surface area contributed by atoms with E-state index in [1.54, 1.807) is 32.9 Å². The first kappa shape index (κ1) is 32.1. The van der Waals surface area contributed by atoms with Crippen LogP contribution in [0.25, 0.3) is 0 Å². The van der Waals surface area contributed by atoms with Gasteiger partial charge >= 0.3 is 0 Å². The fraction of sp³-hybridized carbons (Fsp3) is 0.433. The van der Waals surface area contributed by atoms with Gasteiger partial charge in [0.1, 0.15) is 6.61 Å². The summed E-state index contributed by atoms with van der Waals surface area (Å²) in [5.74, 6) is -4.62. The average Bonchev–Trinajstić information content (AvgIpc) is 3.44. The fourth-order valence-electron chi connectivity index (χ4n) is 4.43. The molecule has 42 heavy (non-hydrogen) atoms. The Bertz CT molecular complexity index is 1220. The zero-order chi connectivity index (χ0) is 31.0. The Morgan fingerprint density at radius 1 is 0.810 bits per heavy atom. The molecule has 3 rings (SSSR count). The van der Waals surface area contributed by atoms with E-state index in [4.69, 9.17) is 4.74 Å². The molecule has 2 atom stereocenters. The second kappa shape index (κ2) is 14.4. The number of nitrogens with one attached hydrogen (secondary N) is 2. The number of carbonyl (C=O) groups excluding carboxylic acids is 7. The molecule has 224 valence electrons. The Hall–Kier alpha value is -4.45. The van der Waals surface area contributed by atoms with E-state index < -0.39 is 54.2 Å². The molecule has 2 N–H and O–H groups in total. The molecule has 12 nitrogen and oxygen atoms in total. The summed E-state index contributed by atoms with van der Waals surface area (Å²) in [6.45, 7) is 6.00. The molecule has 0 aromatic heterocycles. The summed E-state index contributed by atoms with van der Waals surface area (Å²) in [6.07, 6.45) is 4.05. The summed E-state index contributed by atoms with van der Waals surface area (Å²) >= 11 is 0. The van der Waals surface area contributed by atoms with Crippen molar-refractivity contribution in [2.45, 2.75) is 52.7 Å². The smallest absolute Gasteiger partial charge is 0.253 e. The lowest BCUT2D eigenvalue weighted by Crippen LogP contribution is -2.49. The average molecular weight is 581 g/mol. The predicted molar refractivity (Wildman–Crippen MR) is 151 cm³/mol. The number of amides is 6. The van der Waals surface area contributed by atoms with E-state index in [1.165, 1.54) is 0 Å². The van der Waals surface area contributed by atoms with Gasteiger partial charge in [-0.25, -0.2) is 0 Å². The van der Waals surface area contributed by atoms with Crippen molar-refractivity contribution in [2.75, 3.05) is 25.0 Å². The standard InChI is InChI=1S/C30H36N4O8/c1-5-20-6-8-21(9-7-20)31-30(41)19(4)14-23(35)29(18(2)3)32-24(36)17-42-22(15-33-25(37)10-11-26(33)38)16-34-27(39)12-13-28(34)40/h6-13,18-19,22,29H,5,14-17H2,1-4H3,(H,31,41)(H,32,36)/t19-,29+/m1/s1. The number of imide groups is 2. The molecule has 2 heterocycles. The van der Waals surface area contributed by atoms with Gasteiger partial charge in [0, 0.05) is 42.3 Å². The first-order valence-electron chi connectivity index (χ1n) is 13.8. The van der Waals surface area contributed by atoms with Gasteiger partial charge < -0.3 is 15.4 Å². The third kappa shape index (κ3) is 8.53. The van der Waals surface area contributed by atoms with E-state index in [1.807, 2.05) is 19.1 Å². The number of rotatable bonds is 15. The van der Waals surface area contributed by atoms with Crippen molar-refractivity contribution >= 4 is 46.9 Å². The van der Waals surface area contributed by atoms with Crippen LogP contribution >= 0.6 is 0 Å². The lowest BCUT2D eigenvalue weighted by atomic mass is 9.92. The van der Waals surface area contributed by atoms with Crippen LogP contribution in [0, 0.1) is 11.8 Å². The highest BCUT2D eigenvalue weighted by Gasteiger charge is 2.33. The van der Waals surface area contributed by atoms with E-state index in [0.717, 1.165) is 46.1 Å². The number of hydrogen-bond acceptors (Lipinski definition) is 8. The number of Topliss-reactive ketones (excluding diaryl/α,β-unsaturated/α-hetero) is 1. The fourth-order valence-corrected chi connectivity index (χ4v) is 4.43. The van der Waals surface area contributed by atoms with Crippen molar-refractivity contribution in [3.05, 3.63) is 54.1 Å². The van der Waals surface area contributed by atoms with Crippen molar-refractivity contribution in [1.82, 2.24) is 15.1 Å². The minimum atomic E-state index is -1.06.